The van der Waals surface area contributed by atoms with Crippen LogP contribution in [0.25, 0.3) is 11.0 Å². The first kappa shape index (κ1) is 12.0. The van der Waals surface area contributed by atoms with E-state index in [1.165, 1.54) is 0 Å². The lowest BCUT2D eigenvalue weighted by Crippen LogP contribution is -2.44. The number of hydrogen-bond acceptors (Lipinski definition) is 3. The van der Waals surface area contributed by atoms with E-state index in [-0.39, 0.29) is 0 Å². The molecule has 0 spiro atoms. The van der Waals surface area contributed by atoms with E-state index in [4.69, 9.17) is 16.0 Å². The quantitative estimate of drug-likeness (QED) is 0.924. The Labute approximate surface area is 112 Å². The maximum atomic E-state index is 6.11. The monoisotopic (exact) mass is 264 g/mol. The van der Waals surface area contributed by atoms with Crippen LogP contribution in [0.2, 0.25) is 5.02 Å². The molecule has 1 aliphatic heterocycles. The van der Waals surface area contributed by atoms with Gasteiger partial charge in [0.15, 0.2) is 5.58 Å². The zero-order chi connectivity index (χ0) is 12.4. The highest BCUT2D eigenvalue weighted by molar-refractivity contribution is 6.34. The van der Waals surface area contributed by atoms with Gasteiger partial charge in [-0.2, -0.15) is 0 Å². The van der Waals surface area contributed by atoms with Crippen molar-refractivity contribution in [3.05, 3.63) is 35.0 Å². The lowest BCUT2D eigenvalue weighted by atomic mass is 10.2. The van der Waals surface area contributed by atoms with Crippen molar-refractivity contribution in [1.29, 1.82) is 0 Å². The van der Waals surface area contributed by atoms with Gasteiger partial charge in [-0.15, -0.1) is 0 Å². The first-order chi connectivity index (χ1) is 8.83. The van der Waals surface area contributed by atoms with E-state index in [0.29, 0.717) is 5.02 Å². The lowest BCUT2D eigenvalue weighted by Gasteiger charge is -2.26. The fourth-order valence-corrected chi connectivity index (χ4v) is 2.63. The third-order valence-electron chi connectivity index (χ3n) is 3.43. The van der Waals surface area contributed by atoms with Crippen molar-refractivity contribution in [3.8, 4) is 0 Å². The third kappa shape index (κ3) is 2.53. The third-order valence-corrected chi connectivity index (χ3v) is 3.73. The van der Waals surface area contributed by atoms with Crippen LogP contribution in [0, 0.1) is 0 Å². The summed E-state index contributed by atoms with van der Waals surface area (Å²) in [7, 11) is 0. The second-order valence-electron chi connectivity index (χ2n) is 4.71. The summed E-state index contributed by atoms with van der Waals surface area (Å²) in [5.74, 6) is 1.02. The first-order valence-electron chi connectivity index (χ1n) is 6.43. The maximum absolute atomic E-state index is 6.11. The predicted octanol–water partition coefficient (Wildman–Crippen LogP) is 2.53. The van der Waals surface area contributed by atoms with Gasteiger partial charge in [-0.25, -0.2) is 0 Å². The Morgan fingerprint density at radius 3 is 2.89 bits per heavy atom. The predicted molar refractivity (Wildman–Crippen MR) is 74.2 cm³/mol. The Morgan fingerprint density at radius 1 is 1.28 bits per heavy atom. The van der Waals surface area contributed by atoms with E-state index >= 15 is 0 Å². The lowest BCUT2D eigenvalue weighted by molar-refractivity contribution is 0.239. The molecule has 1 N–H and O–H groups in total. The van der Waals surface area contributed by atoms with Gasteiger partial charge in [0.1, 0.15) is 5.76 Å². The molecule has 0 saturated carbocycles. The van der Waals surface area contributed by atoms with Crippen LogP contribution in [-0.4, -0.2) is 37.6 Å². The van der Waals surface area contributed by atoms with Gasteiger partial charge in [-0.1, -0.05) is 23.7 Å². The van der Waals surface area contributed by atoms with Crippen molar-refractivity contribution in [3.63, 3.8) is 0 Å². The summed E-state index contributed by atoms with van der Waals surface area (Å²) in [6.07, 6.45) is 0.949. The Balaban J connectivity index is 1.69. The van der Waals surface area contributed by atoms with Gasteiger partial charge < -0.3 is 14.6 Å². The summed E-state index contributed by atoms with van der Waals surface area (Å²) < 4.78 is 5.82. The van der Waals surface area contributed by atoms with E-state index in [1.807, 2.05) is 18.2 Å². The molecule has 2 aromatic rings. The van der Waals surface area contributed by atoms with E-state index in [9.17, 15) is 0 Å². The molecule has 0 atom stereocenters. The fourth-order valence-electron chi connectivity index (χ4n) is 2.41. The normalized spacial score (nSPS) is 17.4. The number of para-hydroxylation sites is 1. The molecule has 1 fully saturated rings. The van der Waals surface area contributed by atoms with Gasteiger partial charge >= 0.3 is 0 Å². The molecule has 3 rings (SSSR count). The minimum absolute atomic E-state index is 0.695. The summed E-state index contributed by atoms with van der Waals surface area (Å²) in [6.45, 7) is 5.49. The molecule has 0 radical (unpaired) electrons. The van der Waals surface area contributed by atoms with Crippen molar-refractivity contribution in [2.24, 2.45) is 0 Å². The minimum atomic E-state index is 0.695. The Kier molecular flexibility index (Phi) is 3.55. The average molecular weight is 265 g/mol. The van der Waals surface area contributed by atoms with Gasteiger partial charge in [0.05, 0.1) is 5.02 Å². The molecule has 18 heavy (non-hydrogen) atoms. The molecule has 1 saturated heterocycles. The number of fused-ring (bicyclic) bond motifs is 1. The molecular weight excluding hydrogens is 248 g/mol. The molecule has 0 aliphatic carbocycles. The van der Waals surface area contributed by atoms with E-state index in [0.717, 1.165) is 55.9 Å². The topological polar surface area (TPSA) is 28.4 Å². The summed E-state index contributed by atoms with van der Waals surface area (Å²) in [6, 6.07) is 7.97. The van der Waals surface area contributed by atoms with Crippen molar-refractivity contribution < 1.29 is 4.42 Å². The molecule has 3 nitrogen and oxygen atoms in total. The fraction of sp³-hybridized carbons (Fsp3) is 0.429. The highest BCUT2D eigenvalue weighted by Crippen LogP contribution is 2.26. The van der Waals surface area contributed by atoms with Crippen molar-refractivity contribution in [2.75, 3.05) is 32.7 Å². The van der Waals surface area contributed by atoms with Crippen molar-refractivity contribution in [2.45, 2.75) is 6.42 Å². The standard InChI is InChI=1S/C14H17ClN2O/c15-13-3-1-2-11-10-12(18-14(11)13)4-7-17-8-5-16-6-9-17/h1-3,10,16H,4-9H2. The largest absolute Gasteiger partial charge is 0.459 e. The molecule has 0 bridgehead atoms. The number of hydrogen-bond donors (Lipinski definition) is 1. The van der Waals surface area contributed by atoms with Crippen LogP contribution in [0.3, 0.4) is 0 Å². The second-order valence-corrected chi connectivity index (χ2v) is 5.12. The molecule has 1 aromatic carbocycles. The summed E-state index contributed by atoms with van der Waals surface area (Å²) >= 11 is 6.11. The van der Waals surface area contributed by atoms with E-state index in [1.54, 1.807) is 0 Å². The number of nitrogens with one attached hydrogen (secondary N) is 1. The molecule has 0 unspecified atom stereocenters. The van der Waals surface area contributed by atoms with Crippen LogP contribution < -0.4 is 5.32 Å². The van der Waals surface area contributed by atoms with Crippen LogP contribution in [0.4, 0.5) is 0 Å². The SMILES string of the molecule is Clc1cccc2cc(CCN3CCNCC3)oc12. The molecule has 2 heterocycles. The molecule has 4 heteroatoms. The van der Waals surface area contributed by atoms with Gasteiger partial charge in [0.2, 0.25) is 0 Å². The first-order valence-corrected chi connectivity index (χ1v) is 6.81. The number of furan rings is 1. The Hall–Kier alpha value is -1.03. The van der Waals surface area contributed by atoms with Gasteiger partial charge in [-0.05, 0) is 12.1 Å². The molecule has 1 aliphatic rings. The van der Waals surface area contributed by atoms with Crippen LogP contribution >= 0.6 is 11.6 Å². The highest BCUT2D eigenvalue weighted by atomic mass is 35.5. The zero-order valence-corrected chi connectivity index (χ0v) is 11.0. The molecule has 1 aromatic heterocycles. The van der Waals surface area contributed by atoms with Gasteiger partial charge in [0, 0.05) is 44.5 Å². The van der Waals surface area contributed by atoms with Crippen molar-refractivity contribution in [1.82, 2.24) is 10.2 Å². The average Bonchev–Trinajstić information content (AvgIpc) is 2.82. The summed E-state index contributed by atoms with van der Waals surface area (Å²) in [4.78, 5) is 2.46. The molecule has 0 amide bonds. The summed E-state index contributed by atoms with van der Waals surface area (Å²) in [5, 5.41) is 5.15. The maximum Gasteiger partial charge on any atom is 0.152 e. The number of nitrogens with zero attached hydrogens (tertiary/aromatic N) is 1. The van der Waals surface area contributed by atoms with Crippen LogP contribution in [0.1, 0.15) is 5.76 Å². The number of halogens is 1. The highest BCUT2D eigenvalue weighted by Gasteiger charge is 2.11. The summed E-state index contributed by atoms with van der Waals surface area (Å²) in [5.41, 5.74) is 0.814. The number of piperazine rings is 1. The van der Waals surface area contributed by atoms with Gasteiger partial charge in [-0.3, -0.25) is 0 Å². The smallest absolute Gasteiger partial charge is 0.152 e. The zero-order valence-electron chi connectivity index (χ0n) is 10.3. The van der Waals surface area contributed by atoms with Crippen LogP contribution in [0.5, 0.6) is 0 Å². The van der Waals surface area contributed by atoms with Gasteiger partial charge in [0.25, 0.3) is 0 Å². The molecule has 96 valence electrons. The minimum Gasteiger partial charge on any atom is -0.459 e. The second kappa shape index (κ2) is 5.31. The van der Waals surface area contributed by atoms with Crippen molar-refractivity contribution >= 4 is 22.6 Å². The van der Waals surface area contributed by atoms with E-state index < -0.39 is 0 Å². The number of rotatable bonds is 3. The molecular formula is C14H17ClN2O. The van der Waals surface area contributed by atoms with Crippen LogP contribution in [-0.2, 0) is 6.42 Å². The Morgan fingerprint density at radius 2 is 2.11 bits per heavy atom. The Bertz CT molecular complexity index is 532. The number of benzene rings is 1. The van der Waals surface area contributed by atoms with E-state index in [2.05, 4.69) is 16.3 Å². The van der Waals surface area contributed by atoms with Crippen LogP contribution in [0.15, 0.2) is 28.7 Å².